The van der Waals surface area contributed by atoms with Crippen molar-refractivity contribution in [2.45, 2.75) is 44.6 Å². The minimum absolute atomic E-state index is 0.107. The maximum absolute atomic E-state index is 13.2. The van der Waals surface area contributed by atoms with E-state index in [0.717, 1.165) is 32.1 Å². The molecule has 2 aromatic rings. The lowest BCUT2D eigenvalue weighted by Gasteiger charge is -2.29. The van der Waals surface area contributed by atoms with Crippen molar-refractivity contribution in [1.82, 2.24) is 14.3 Å². The third-order valence-corrected chi connectivity index (χ3v) is 6.96. The number of thiocarbonyl (C=S) groups is 1. The van der Waals surface area contributed by atoms with Crippen LogP contribution in [0.3, 0.4) is 0 Å². The number of nitrogens with zero attached hydrogens (tertiary/aromatic N) is 3. The Morgan fingerprint density at radius 1 is 1.29 bits per heavy atom. The molecule has 0 bridgehead atoms. The fourth-order valence-electron chi connectivity index (χ4n) is 4.06. The summed E-state index contributed by atoms with van der Waals surface area (Å²) in [5.41, 5.74) is 0.696. The summed E-state index contributed by atoms with van der Waals surface area (Å²) in [5, 5.41) is 3.24. The fraction of sp³-hybridized carbons (Fsp3) is 0.455. The van der Waals surface area contributed by atoms with E-state index in [1.165, 1.54) is 22.6 Å². The molecule has 1 amide bonds. The summed E-state index contributed by atoms with van der Waals surface area (Å²) in [6.45, 7) is 1.21. The number of ether oxygens (including phenoxy) is 1. The topological polar surface area (TPSA) is 75.9 Å². The second kappa shape index (κ2) is 9.93. The molecule has 31 heavy (non-hydrogen) atoms. The van der Waals surface area contributed by atoms with Crippen LogP contribution < -0.4 is 10.9 Å². The Labute approximate surface area is 190 Å². The Kier molecular flexibility index (Phi) is 7.04. The molecule has 4 rings (SSSR count). The lowest BCUT2D eigenvalue weighted by atomic mass is 9.94. The van der Waals surface area contributed by atoms with Gasteiger partial charge < -0.3 is 10.1 Å². The number of carbonyl (C=O) groups excluding carboxylic acids is 1. The van der Waals surface area contributed by atoms with Gasteiger partial charge in [0, 0.05) is 32.5 Å². The zero-order chi connectivity index (χ0) is 21.8. The summed E-state index contributed by atoms with van der Waals surface area (Å²) in [4.78, 5) is 33.3. The molecule has 2 aliphatic rings. The second-order valence-corrected chi connectivity index (χ2v) is 9.40. The third-order valence-electron chi connectivity index (χ3n) is 5.63. The smallest absolute Gasteiger partial charge is 0.267 e. The monoisotopic (exact) mass is 458 g/mol. The van der Waals surface area contributed by atoms with Crippen LogP contribution in [0.25, 0.3) is 11.7 Å². The highest BCUT2D eigenvalue weighted by atomic mass is 32.2. The Morgan fingerprint density at radius 3 is 2.87 bits per heavy atom. The molecule has 1 aliphatic heterocycles. The maximum atomic E-state index is 13.2. The zero-order valence-electron chi connectivity index (χ0n) is 17.5. The van der Waals surface area contributed by atoms with Gasteiger partial charge in [-0.1, -0.05) is 49.3 Å². The van der Waals surface area contributed by atoms with E-state index in [4.69, 9.17) is 17.0 Å². The Balaban J connectivity index is 1.69. The highest BCUT2D eigenvalue weighted by molar-refractivity contribution is 8.26. The number of amides is 1. The van der Waals surface area contributed by atoms with Crippen LogP contribution in [0.15, 0.2) is 34.1 Å². The van der Waals surface area contributed by atoms with Gasteiger partial charge in [0.2, 0.25) is 0 Å². The quantitative estimate of drug-likeness (QED) is 0.385. The van der Waals surface area contributed by atoms with Crippen molar-refractivity contribution in [1.29, 1.82) is 0 Å². The number of hydrogen-bond donors (Lipinski definition) is 1. The Bertz CT molecular complexity index is 1080. The van der Waals surface area contributed by atoms with Crippen LogP contribution in [-0.2, 0) is 9.53 Å². The largest absolute Gasteiger partial charge is 0.385 e. The van der Waals surface area contributed by atoms with E-state index in [2.05, 4.69) is 10.3 Å². The molecule has 1 saturated carbocycles. The lowest BCUT2D eigenvalue weighted by Crippen LogP contribution is -2.39. The van der Waals surface area contributed by atoms with Crippen LogP contribution in [0.2, 0.25) is 0 Å². The van der Waals surface area contributed by atoms with Crippen molar-refractivity contribution in [3.05, 3.63) is 45.2 Å². The predicted molar refractivity (Wildman–Crippen MR) is 128 cm³/mol. The van der Waals surface area contributed by atoms with Crippen molar-refractivity contribution in [2.75, 3.05) is 25.6 Å². The average molecular weight is 459 g/mol. The first-order chi connectivity index (χ1) is 15.1. The van der Waals surface area contributed by atoms with E-state index < -0.39 is 0 Å². The molecule has 2 fully saturated rings. The molecule has 2 aromatic heterocycles. The normalized spacial score (nSPS) is 19.0. The van der Waals surface area contributed by atoms with Crippen LogP contribution in [0.1, 0.15) is 44.1 Å². The van der Waals surface area contributed by atoms with Gasteiger partial charge in [-0.05, 0) is 37.5 Å². The van der Waals surface area contributed by atoms with Crippen molar-refractivity contribution < 1.29 is 9.53 Å². The van der Waals surface area contributed by atoms with Crippen LogP contribution in [0.4, 0.5) is 5.82 Å². The van der Waals surface area contributed by atoms with E-state index >= 15 is 0 Å². The van der Waals surface area contributed by atoms with E-state index in [1.807, 2.05) is 6.07 Å². The summed E-state index contributed by atoms with van der Waals surface area (Å²) in [6.07, 6.45) is 9.50. The van der Waals surface area contributed by atoms with E-state index in [1.54, 1.807) is 36.4 Å². The Morgan fingerprint density at radius 2 is 2.10 bits per heavy atom. The van der Waals surface area contributed by atoms with Gasteiger partial charge in [-0.2, -0.15) is 0 Å². The van der Waals surface area contributed by atoms with Crippen molar-refractivity contribution in [2.24, 2.45) is 0 Å². The summed E-state index contributed by atoms with van der Waals surface area (Å²) < 4.78 is 7.17. The number of carbonyl (C=O) groups is 1. The minimum Gasteiger partial charge on any atom is -0.385 e. The highest BCUT2D eigenvalue weighted by Crippen LogP contribution is 2.37. The standard InChI is InChI=1S/C22H26N4O3S2/c1-29-13-7-11-23-19-16(20(27)25-12-6-5-10-18(25)24-19)14-17-21(28)26(22(30)31-17)15-8-3-2-4-9-15/h5-6,10,12,14-15,23H,2-4,7-9,11,13H2,1H3/b17-14-. The number of rotatable bonds is 7. The number of anilines is 1. The van der Waals surface area contributed by atoms with E-state index in [0.29, 0.717) is 39.4 Å². The number of nitrogens with one attached hydrogen (secondary N) is 1. The van der Waals surface area contributed by atoms with E-state index in [9.17, 15) is 9.59 Å². The van der Waals surface area contributed by atoms with Gasteiger partial charge in [0.25, 0.3) is 11.5 Å². The van der Waals surface area contributed by atoms with Gasteiger partial charge >= 0.3 is 0 Å². The van der Waals surface area contributed by atoms with Gasteiger partial charge in [0.05, 0.1) is 10.5 Å². The SMILES string of the molecule is COCCCNc1nc2ccccn2c(=O)c1/C=C1\SC(=S)N(C2CCCCC2)C1=O. The van der Waals surface area contributed by atoms with Crippen LogP contribution in [0.5, 0.6) is 0 Å². The third kappa shape index (κ3) is 4.68. The molecule has 3 heterocycles. The molecule has 7 nitrogen and oxygen atoms in total. The van der Waals surface area contributed by atoms with E-state index in [-0.39, 0.29) is 17.5 Å². The summed E-state index contributed by atoms with van der Waals surface area (Å²) in [6, 6.07) is 5.57. The van der Waals surface area contributed by atoms with Crippen molar-refractivity contribution in [3.63, 3.8) is 0 Å². The summed E-state index contributed by atoms with van der Waals surface area (Å²) in [5.74, 6) is 0.361. The minimum atomic E-state index is -0.220. The lowest BCUT2D eigenvalue weighted by molar-refractivity contribution is -0.124. The molecule has 0 aromatic carbocycles. The first kappa shape index (κ1) is 22.0. The fourth-order valence-corrected chi connectivity index (χ4v) is 5.44. The van der Waals surface area contributed by atoms with Crippen molar-refractivity contribution in [3.8, 4) is 0 Å². The molecule has 1 saturated heterocycles. The predicted octanol–water partition coefficient (Wildman–Crippen LogP) is 3.68. The molecule has 0 spiro atoms. The summed E-state index contributed by atoms with van der Waals surface area (Å²) >= 11 is 6.80. The van der Waals surface area contributed by atoms with Crippen LogP contribution in [-0.4, -0.2) is 50.8 Å². The molecule has 1 N–H and O–H groups in total. The molecule has 0 atom stereocenters. The molecular weight excluding hydrogens is 432 g/mol. The second-order valence-electron chi connectivity index (χ2n) is 7.72. The van der Waals surface area contributed by atoms with Crippen LogP contribution >= 0.6 is 24.0 Å². The highest BCUT2D eigenvalue weighted by Gasteiger charge is 2.37. The number of hydrogen-bond acceptors (Lipinski definition) is 7. The number of aromatic nitrogens is 2. The number of methoxy groups -OCH3 is 1. The zero-order valence-corrected chi connectivity index (χ0v) is 19.1. The molecule has 0 radical (unpaired) electrons. The van der Waals surface area contributed by atoms with Gasteiger partial charge in [0.15, 0.2) is 0 Å². The van der Waals surface area contributed by atoms with Gasteiger partial charge in [0.1, 0.15) is 15.8 Å². The molecule has 1 aliphatic carbocycles. The van der Waals surface area contributed by atoms with Crippen LogP contribution in [0, 0.1) is 0 Å². The van der Waals surface area contributed by atoms with Gasteiger partial charge in [-0.3, -0.25) is 18.9 Å². The van der Waals surface area contributed by atoms with Gasteiger partial charge in [-0.25, -0.2) is 4.98 Å². The van der Waals surface area contributed by atoms with Crippen molar-refractivity contribution >= 4 is 51.7 Å². The maximum Gasteiger partial charge on any atom is 0.267 e. The molecule has 9 heteroatoms. The molecular formula is C22H26N4O3S2. The number of pyridine rings is 1. The number of thioether (sulfide) groups is 1. The summed E-state index contributed by atoms with van der Waals surface area (Å²) in [7, 11) is 1.65. The van der Waals surface area contributed by atoms with Gasteiger partial charge in [-0.15, -0.1) is 0 Å². The number of fused-ring (bicyclic) bond motifs is 1. The first-order valence-corrected chi connectivity index (χ1v) is 11.8. The molecule has 0 unspecified atom stereocenters. The Hall–Kier alpha value is -2.23. The average Bonchev–Trinajstić information content (AvgIpc) is 3.07. The first-order valence-electron chi connectivity index (χ1n) is 10.6. The molecule has 164 valence electrons.